The van der Waals surface area contributed by atoms with E-state index in [1.54, 1.807) is 9.36 Å². The highest BCUT2D eigenvalue weighted by Gasteiger charge is 2.22. The predicted molar refractivity (Wildman–Crippen MR) is 147 cm³/mol. The average molecular weight is 539 g/mol. The SMILES string of the molecule is O=Cc1nn(-c2ccccc2)c2sc3c(=O)c4[nH]c5c(C=O)nn(-c6ccccc6)c5sc4c(=O)c3[nH]c12. The Labute approximate surface area is 219 Å². The molecule has 0 radical (unpaired) electrons. The third kappa shape index (κ3) is 3.11. The van der Waals surface area contributed by atoms with E-state index < -0.39 is 10.9 Å². The van der Waals surface area contributed by atoms with Crippen molar-refractivity contribution in [2.45, 2.75) is 0 Å². The lowest BCUT2D eigenvalue weighted by atomic mass is 10.3. The molecule has 2 N–H and O–H groups in total. The van der Waals surface area contributed by atoms with Crippen molar-refractivity contribution in [2.75, 3.05) is 0 Å². The summed E-state index contributed by atoms with van der Waals surface area (Å²) in [6, 6.07) is 18.4. The third-order valence-electron chi connectivity index (χ3n) is 6.18. The van der Waals surface area contributed by atoms with Gasteiger partial charge in [0.15, 0.2) is 24.0 Å². The van der Waals surface area contributed by atoms with Crippen molar-refractivity contribution in [1.82, 2.24) is 29.5 Å². The number of hydrogen-bond donors (Lipinski definition) is 2. The molecular weight excluding hydrogens is 524 g/mol. The minimum absolute atomic E-state index is 0.0844. The van der Waals surface area contributed by atoms with Crippen molar-refractivity contribution >= 4 is 76.4 Å². The van der Waals surface area contributed by atoms with Crippen LogP contribution in [0.25, 0.3) is 52.5 Å². The van der Waals surface area contributed by atoms with Gasteiger partial charge in [0.05, 0.1) is 11.4 Å². The van der Waals surface area contributed by atoms with Gasteiger partial charge < -0.3 is 9.97 Å². The number of nitrogens with zero attached hydrogens (tertiary/aromatic N) is 4. The molecule has 4 heterocycles. The number of aromatic amines is 2. The molecule has 0 aliphatic carbocycles. The second-order valence-electron chi connectivity index (χ2n) is 8.38. The van der Waals surface area contributed by atoms with Crippen LogP contribution in [0.4, 0.5) is 0 Å². The second-order valence-corrected chi connectivity index (χ2v) is 10.4. The van der Waals surface area contributed by atoms with Crippen LogP contribution in [-0.4, -0.2) is 42.1 Å². The molecule has 12 heteroatoms. The summed E-state index contributed by atoms with van der Waals surface area (Å²) in [5.74, 6) is 0. The molecule has 10 nitrogen and oxygen atoms in total. The maximum Gasteiger partial charge on any atom is 0.223 e. The van der Waals surface area contributed by atoms with Crippen molar-refractivity contribution in [3.05, 3.63) is 92.5 Å². The molecule has 0 fully saturated rings. The van der Waals surface area contributed by atoms with Gasteiger partial charge >= 0.3 is 0 Å². The quantitative estimate of drug-likeness (QED) is 0.253. The Morgan fingerprint density at radius 2 is 1.00 bits per heavy atom. The first-order valence-electron chi connectivity index (χ1n) is 11.3. The molecule has 0 saturated heterocycles. The van der Waals surface area contributed by atoms with E-state index in [4.69, 9.17) is 0 Å². The highest BCUT2D eigenvalue weighted by Crippen LogP contribution is 2.31. The minimum Gasteiger partial charge on any atom is -0.347 e. The molecule has 0 amide bonds. The first-order chi connectivity index (χ1) is 18.6. The van der Waals surface area contributed by atoms with Crippen LogP contribution in [0, 0.1) is 0 Å². The molecule has 7 aromatic rings. The van der Waals surface area contributed by atoms with Crippen LogP contribution in [-0.2, 0) is 0 Å². The van der Waals surface area contributed by atoms with Crippen molar-refractivity contribution < 1.29 is 9.59 Å². The number of fused-ring (bicyclic) bond motifs is 4. The highest BCUT2D eigenvalue weighted by molar-refractivity contribution is 7.25. The zero-order valence-corrected chi connectivity index (χ0v) is 20.8. The monoisotopic (exact) mass is 538 g/mol. The number of hydrogen-bond acceptors (Lipinski definition) is 8. The van der Waals surface area contributed by atoms with E-state index in [0.29, 0.717) is 44.6 Å². The summed E-state index contributed by atoms with van der Waals surface area (Å²) >= 11 is 2.15. The maximum atomic E-state index is 13.7. The van der Waals surface area contributed by atoms with Crippen LogP contribution in [0.15, 0.2) is 70.3 Å². The van der Waals surface area contributed by atoms with Crippen LogP contribution in [0.2, 0.25) is 0 Å². The lowest BCUT2D eigenvalue weighted by molar-refractivity contribution is 0.111. The summed E-state index contributed by atoms with van der Waals surface area (Å²) in [4.78, 5) is 58.2. The number of carbonyl (C=O) groups excluding carboxylic acids is 2. The van der Waals surface area contributed by atoms with Gasteiger partial charge in [0.2, 0.25) is 10.9 Å². The number of nitrogens with one attached hydrogen (secondary N) is 2. The predicted octanol–water partition coefficient (Wildman–Crippen LogP) is 4.36. The van der Waals surface area contributed by atoms with Crippen LogP contribution in [0.3, 0.4) is 0 Å². The second kappa shape index (κ2) is 8.30. The number of H-pyrrole nitrogens is 2. The highest BCUT2D eigenvalue weighted by atomic mass is 32.1. The van der Waals surface area contributed by atoms with Gasteiger partial charge in [-0.3, -0.25) is 19.2 Å². The van der Waals surface area contributed by atoms with Gasteiger partial charge in [0.25, 0.3) is 0 Å². The fourth-order valence-corrected chi connectivity index (χ4v) is 6.69. The van der Waals surface area contributed by atoms with Gasteiger partial charge in [0, 0.05) is 0 Å². The molecule has 3 aromatic carbocycles. The number of benzene rings is 3. The standard InChI is InChI=1S/C26H14N6O4S2/c33-11-15-17-25(31(29-15)13-7-3-1-4-8-13)37-23-19(27-17)22(36)24-20(21(23)35)28-18-16(12-34)30-32(26(18)38-24)14-9-5-2-6-10-14/h1-12,27-28H. The summed E-state index contributed by atoms with van der Waals surface area (Å²) in [5, 5.41) is 8.80. The van der Waals surface area contributed by atoms with Gasteiger partial charge in [-0.1, -0.05) is 36.4 Å². The fourth-order valence-electron chi connectivity index (χ4n) is 4.44. The molecule has 184 valence electrons. The van der Waals surface area contributed by atoms with Crippen molar-refractivity contribution in [3.8, 4) is 11.4 Å². The molecule has 7 rings (SSSR count). The molecule has 0 aliphatic rings. The van der Waals surface area contributed by atoms with Crippen LogP contribution in [0.1, 0.15) is 21.0 Å². The lowest BCUT2D eigenvalue weighted by Crippen LogP contribution is -2.14. The number of para-hydroxylation sites is 2. The van der Waals surface area contributed by atoms with Crippen LogP contribution < -0.4 is 10.9 Å². The molecule has 4 aromatic heterocycles. The molecular formula is C26H14N6O4S2. The molecule has 38 heavy (non-hydrogen) atoms. The van der Waals surface area contributed by atoms with Crippen molar-refractivity contribution in [3.63, 3.8) is 0 Å². The van der Waals surface area contributed by atoms with Gasteiger partial charge in [-0.05, 0) is 24.3 Å². The third-order valence-corrected chi connectivity index (χ3v) is 8.51. The van der Waals surface area contributed by atoms with Crippen molar-refractivity contribution in [1.29, 1.82) is 0 Å². The molecule has 0 aliphatic heterocycles. The lowest BCUT2D eigenvalue weighted by Gasteiger charge is -2.06. The Balaban J connectivity index is 1.61. The van der Waals surface area contributed by atoms with Gasteiger partial charge in [-0.2, -0.15) is 10.2 Å². The Hall–Kier alpha value is -4.94. The Morgan fingerprint density at radius 3 is 1.37 bits per heavy atom. The molecule has 0 bridgehead atoms. The molecule has 0 spiro atoms. The van der Waals surface area contributed by atoms with Gasteiger partial charge in [0.1, 0.15) is 41.1 Å². The average Bonchev–Trinajstić information content (AvgIpc) is 3.53. The summed E-state index contributed by atoms with van der Waals surface area (Å²) in [6.45, 7) is 0. The zero-order valence-electron chi connectivity index (χ0n) is 19.2. The van der Waals surface area contributed by atoms with Gasteiger partial charge in [-0.15, -0.1) is 22.7 Å². The van der Waals surface area contributed by atoms with E-state index in [2.05, 4.69) is 20.2 Å². The van der Waals surface area contributed by atoms with E-state index in [-0.39, 0.29) is 31.8 Å². The zero-order chi connectivity index (χ0) is 26.0. The normalized spacial score (nSPS) is 11.6. The Morgan fingerprint density at radius 1 is 0.605 bits per heavy atom. The summed E-state index contributed by atoms with van der Waals surface area (Å²) in [5.41, 5.74) is 1.73. The minimum atomic E-state index is -0.409. The van der Waals surface area contributed by atoms with E-state index in [0.717, 1.165) is 22.7 Å². The molecule has 0 unspecified atom stereocenters. The van der Waals surface area contributed by atoms with E-state index in [9.17, 15) is 19.2 Å². The summed E-state index contributed by atoms with van der Waals surface area (Å²) in [7, 11) is 0. The Kier molecular flexibility index (Phi) is 4.86. The van der Waals surface area contributed by atoms with E-state index >= 15 is 0 Å². The number of aldehydes is 2. The van der Waals surface area contributed by atoms with Crippen molar-refractivity contribution in [2.24, 2.45) is 0 Å². The molecule has 0 atom stereocenters. The number of carbonyl (C=O) groups is 2. The summed E-state index contributed by atoms with van der Waals surface area (Å²) < 4.78 is 3.49. The number of rotatable bonds is 4. The first-order valence-corrected chi connectivity index (χ1v) is 13.0. The summed E-state index contributed by atoms with van der Waals surface area (Å²) in [6.07, 6.45) is 1.22. The fraction of sp³-hybridized carbons (Fsp3) is 0. The van der Waals surface area contributed by atoms with Gasteiger partial charge in [-0.25, -0.2) is 9.36 Å². The smallest absolute Gasteiger partial charge is 0.223 e. The van der Waals surface area contributed by atoms with Crippen LogP contribution >= 0.6 is 22.7 Å². The molecule has 0 saturated carbocycles. The first kappa shape index (κ1) is 22.3. The topological polar surface area (TPSA) is 135 Å². The Bertz CT molecular complexity index is 2060. The number of aromatic nitrogens is 6. The van der Waals surface area contributed by atoms with E-state index in [1.165, 1.54) is 0 Å². The van der Waals surface area contributed by atoms with Crippen LogP contribution in [0.5, 0.6) is 0 Å². The largest absolute Gasteiger partial charge is 0.347 e. The van der Waals surface area contributed by atoms with E-state index in [1.807, 2.05) is 60.7 Å². The maximum absolute atomic E-state index is 13.7.